The summed E-state index contributed by atoms with van der Waals surface area (Å²) >= 11 is 0. The van der Waals surface area contributed by atoms with Crippen LogP contribution in [-0.4, -0.2) is 12.1 Å². The number of rotatable bonds is 13. The molecule has 0 saturated carbocycles. The molecule has 1 aromatic carbocycles. The molecule has 24 heavy (non-hydrogen) atoms. The maximum absolute atomic E-state index is 11.7. The van der Waals surface area contributed by atoms with E-state index in [1.54, 1.807) is 6.21 Å². The lowest BCUT2D eigenvalue weighted by Gasteiger charge is -2.02. The summed E-state index contributed by atoms with van der Waals surface area (Å²) in [5, 5.41) is 4.03. The van der Waals surface area contributed by atoms with Crippen molar-refractivity contribution in [2.75, 3.05) is 0 Å². The molecule has 0 aliphatic rings. The van der Waals surface area contributed by atoms with Crippen molar-refractivity contribution in [2.24, 2.45) is 5.10 Å². The van der Waals surface area contributed by atoms with Crippen LogP contribution < -0.4 is 5.43 Å². The van der Waals surface area contributed by atoms with Crippen LogP contribution in [0.5, 0.6) is 0 Å². The van der Waals surface area contributed by atoms with E-state index in [0.29, 0.717) is 6.42 Å². The van der Waals surface area contributed by atoms with E-state index in [1.807, 2.05) is 12.1 Å². The van der Waals surface area contributed by atoms with Crippen molar-refractivity contribution in [1.82, 2.24) is 5.43 Å². The van der Waals surface area contributed by atoms with Gasteiger partial charge in [0, 0.05) is 6.42 Å². The van der Waals surface area contributed by atoms with Gasteiger partial charge in [-0.15, -0.1) is 0 Å². The molecule has 0 bridgehead atoms. The predicted octanol–water partition coefficient (Wildman–Crippen LogP) is 5.62. The van der Waals surface area contributed by atoms with Gasteiger partial charge in [-0.2, -0.15) is 5.10 Å². The minimum absolute atomic E-state index is 0.0133. The van der Waals surface area contributed by atoms with Gasteiger partial charge in [-0.3, -0.25) is 4.79 Å². The third-order valence-corrected chi connectivity index (χ3v) is 4.30. The smallest absolute Gasteiger partial charge is 0.240 e. The summed E-state index contributed by atoms with van der Waals surface area (Å²) in [6.07, 6.45) is 14.7. The van der Waals surface area contributed by atoms with Crippen LogP contribution in [0.3, 0.4) is 0 Å². The van der Waals surface area contributed by atoms with Crippen molar-refractivity contribution in [3.8, 4) is 0 Å². The standard InChI is InChI=1S/C21H34N2O/c1-3-5-6-7-8-9-10-11-12-13-21(24)23-22-18-20-16-14-19(4-2)15-17-20/h14-18H,3-13H2,1-2H3,(H,23,24). The molecule has 3 nitrogen and oxygen atoms in total. The number of hydrogen-bond donors (Lipinski definition) is 1. The molecule has 0 atom stereocenters. The minimum Gasteiger partial charge on any atom is -0.273 e. The summed E-state index contributed by atoms with van der Waals surface area (Å²) in [5.41, 5.74) is 4.93. The van der Waals surface area contributed by atoms with Gasteiger partial charge in [-0.25, -0.2) is 5.43 Å². The molecule has 0 heterocycles. The highest BCUT2D eigenvalue weighted by Crippen LogP contribution is 2.10. The highest BCUT2D eigenvalue weighted by Gasteiger charge is 1.99. The molecule has 134 valence electrons. The number of benzene rings is 1. The highest BCUT2D eigenvalue weighted by molar-refractivity contribution is 5.82. The topological polar surface area (TPSA) is 41.5 Å². The first-order valence-electron chi connectivity index (χ1n) is 9.67. The van der Waals surface area contributed by atoms with Gasteiger partial charge in [0.2, 0.25) is 5.91 Å². The molecule has 1 aromatic rings. The number of nitrogens with zero attached hydrogens (tertiary/aromatic N) is 1. The van der Waals surface area contributed by atoms with Crippen LogP contribution in [0.25, 0.3) is 0 Å². The molecule has 0 saturated heterocycles. The lowest BCUT2D eigenvalue weighted by molar-refractivity contribution is -0.121. The van der Waals surface area contributed by atoms with E-state index in [9.17, 15) is 4.79 Å². The zero-order chi connectivity index (χ0) is 17.5. The van der Waals surface area contributed by atoms with Gasteiger partial charge in [0.25, 0.3) is 0 Å². The van der Waals surface area contributed by atoms with Crippen LogP contribution in [0.2, 0.25) is 0 Å². The van der Waals surface area contributed by atoms with Crippen LogP contribution in [0, 0.1) is 0 Å². The van der Waals surface area contributed by atoms with Crippen molar-refractivity contribution in [3.05, 3.63) is 35.4 Å². The number of hydrogen-bond acceptors (Lipinski definition) is 2. The zero-order valence-corrected chi connectivity index (χ0v) is 15.5. The van der Waals surface area contributed by atoms with Crippen LogP contribution >= 0.6 is 0 Å². The zero-order valence-electron chi connectivity index (χ0n) is 15.5. The first-order valence-corrected chi connectivity index (χ1v) is 9.67. The van der Waals surface area contributed by atoms with Crippen LogP contribution in [-0.2, 0) is 11.2 Å². The van der Waals surface area contributed by atoms with Gasteiger partial charge in [-0.1, -0.05) is 89.5 Å². The highest BCUT2D eigenvalue weighted by atomic mass is 16.2. The Balaban J connectivity index is 2.02. The lowest BCUT2D eigenvalue weighted by Crippen LogP contribution is -2.16. The Morgan fingerprint density at radius 2 is 1.50 bits per heavy atom. The molecule has 1 amide bonds. The molecular formula is C21H34N2O. The Labute approximate surface area is 147 Å². The molecule has 3 heteroatoms. The third-order valence-electron chi connectivity index (χ3n) is 4.30. The number of unbranched alkanes of at least 4 members (excludes halogenated alkanes) is 8. The van der Waals surface area contributed by atoms with Crippen LogP contribution in [0.15, 0.2) is 29.4 Å². The van der Waals surface area contributed by atoms with Gasteiger partial charge in [0.15, 0.2) is 0 Å². The van der Waals surface area contributed by atoms with Gasteiger partial charge in [0.05, 0.1) is 6.21 Å². The SMILES string of the molecule is CCCCCCCCCCCC(=O)NN=Cc1ccc(CC)cc1. The lowest BCUT2D eigenvalue weighted by atomic mass is 10.1. The number of nitrogens with one attached hydrogen (secondary N) is 1. The van der Waals surface area contributed by atoms with E-state index in [0.717, 1.165) is 24.8 Å². The summed E-state index contributed by atoms with van der Waals surface area (Å²) in [4.78, 5) is 11.7. The molecule has 0 spiro atoms. The average Bonchev–Trinajstić information content (AvgIpc) is 2.61. The molecule has 0 aliphatic heterocycles. The summed E-state index contributed by atoms with van der Waals surface area (Å²) in [7, 11) is 0. The fourth-order valence-corrected chi connectivity index (χ4v) is 2.67. The number of aryl methyl sites for hydroxylation is 1. The van der Waals surface area contributed by atoms with E-state index in [2.05, 4.69) is 36.5 Å². The Morgan fingerprint density at radius 1 is 0.917 bits per heavy atom. The Morgan fingerprint density at radius 3 is 2.08 bits per heavy atom. The van der Waals surface area contributed by atoms with E-state index in [1.165, 1.54) is 50.5 Å². The van der Waals surface area contributed by atoms with Gasteiger partial charge in [0.1, 0.15) is 0 Å². The molecule has 0 fully saturated rings. The molecular weight excluding hydrogens is 296 g/mol. The number of hydrazone groups is 1. The van der Waals surface area contributed by atoms with Crippen molar-refractivity contribution < 1.29 is 4.79 Å². The summed E-state index contributed by atoms with van der Waals surface area (Å²) in [6, 6.07) is 8.22. The summed E-state index contributed by atoms with van der Waals surface area (Å²) < 4.78 is 0. The van der Waals surface area contributed by atoms with Crippen LogP contribution in [0.4, 0.5) is 0 Å². The van der Waals surface area contributed by atoms with Crippen LogP contribution in [0.1, 0.15) is 89.2 Å². The maximum Gasteiger partial charge on any atom is 0.240 e. The Kier molecular flexibility index (Phi) is 11.7. The Bertz CT molecular complexity index is 465. The summed E-state index contributed by atoms with van der Waals surface area (Å²) in [5.74, 6) is 0.0133. The first kappa shape index (κ1) is 20.4. The molecule has 0 unspecified atom stereocenters. The van der Waals surface area contributed by atoms with E-state index in [-0.39, 0.29) is 5.91 Å². The van der Waals surface area contributed by atoms with Crippen molar-refractivity contribution in [3.63, 3.8) is 0 Å². The second-order valence-corrected chi connectivity index (χ2v) is 6.47. The fourth-order valence-electron chi connectivity index (χ4n) is 2.67. The summed E-state index contributed by atoms with van der Waals surface area (Å²) in [6.45, 7) is 4.38. The predicted molar refractivity (Wildman–Crippen MR) is 103 cm³/mol. The molecule has 0 aliphatic carbocycles. The monoisotopic (exact) mass is 330 g/mol. The second kappa shape index (κ2) is 13.8. The average molecular weight is 331 g/mol. The van der Waals surface area contributed by atoms with Gasteiger partial charge < -0.3 is 0 Å². The number of carbonyl (C=O) groups excluding carboxylic acids is 1. The molecule has 1 N–H and O–H groups in total. The first-order chi connectivity index (χ1) is 11.8. The van der Waals surface area contributed by atoms with Crippen molar-refractivity contribution >= 4 is 12.1 Å². The van der Waals surface area contributed by atoms with E-state index in [4.69, 9.17) is 0 Å². The largest absolute Gasteiger partial charge is 0.273 e. The molecule has 1 rings (SSSR count). The fraction of sp³-hybridized carbons (Fsp3) is 0.619. The number of amides is 1. The quantitative estimate of drug-likeness (QED) is 0.285. The van der Waals surface area contributed by atoms with E-state index >= 15 is 0 Å². The number of carbonyl (C=O) groups is 1. The van der Waals surface area contributed by atoms with E-state index < -0.39 is 0 Å². The van der Waals surface area contributed by atoms with Gasteiger partial charge >= 0.3 is 0 Å². The normalized spacial score (nSPS) is 11.1. The molecule has 0 aromatic heterocycles. The third kappa shape index (κ3) is 10.2. The molecule has 0 radical (unpaired) electrons. The van der Waals surface area contributed by atoms with Crippen molar-refractivity contribution in [1.29, 1.82) is 0 Å². The van der Waals surface area contributed by atoms with Crippen molar-refractivity contribution in [2.45, 2.75) is 84.5 Å². The van der Waals surface area contributed by atoms with Gasteiger partial charge in [-0.05, 0) is 24.0 Å². The second-order valence-electron chi connectivity index (χ2n) is 6.47. The minimum atomic E-state index is 0.0133. The maximum atomic E-state index is 11.7. The Hall–Kier alpha value is -1.64.